The van der Waals surface area contributed by atoms with Gasteiger partial charge in [-0.1, -0.05) is 12.1 Å². The molecule has 1 aromatic carbocycles. The zero-order chi connectivity index (χ0) is 12.3. The van der Waals surface area contributed by atoms with Gasteiger partial charge in [0.2, 0.25) is 0 Å². The highest BCUT2D eigenvalue weighted by molar-refractivity contribution is 5.77. The van der Waals surface area contributed by atoms with Crippen LogP contribution in [0.5, 0.6) is 5.75 Å². The lowest BCUT2D eigenvalue weighted by atomic mass is 10.0. The first kappa shape index (κ1) is 11.9. The van der Waals surface area contributed by atoms with E-state index in [1.165, 1.54) is 16.7 Å². The summed E-state index contributed by atoms with van der Waals surface area (Å²) < 4.78 is 5.25. The average molecular weight is 230 g/mol. The molecule has 0 saturated heterocycles. The standard InChI is InChI=1S/C15H18O2/c1-11(16)4-3-5-12-6-7-13-8-9-14(17-2)10-15(12)13/h6,8-10H,3-5,7H2,1-2H3. The van der Waals surface area contributed by atoms with Gasteiger partial charge in [-0.2, -0.15) is 0 Å². The van der Waals surface area contributed by atoms with Crippen LogP contribution in [0.3, 0.4) is 0 Å². The Kier molecular flexibility index (Phi) is 3.62. The molecule has 0 spiro atoms. The second-order valence-corrected chi connectivity index (χ2v) is 4.51. The number of carbonyl (C=O) groups excluding carboxylic acids is 1. The van der Waals surface area contributed by atoms with E-state index in [9.17, 15) is 4.79 Å². The smallest absolute Gasteiger partial charge is 0.129 e. The molecule has 1 aliphatic carbocycles. The molecule has 0 unspecified atom stereocenters. The van der Waals surface area contributed by atoms with Crippen LogP contribution in [-0.2, 0) is 11.2 Å². The lowest BCUT2D eigenvalue weighted by molar-refractivity contribution is -0.117. The maximum atomic E-state index is 10.9. The minimum Gasteiger partial charge on any atom is -0.497 e. The predicted molar refractivity (Wildman–Crippen MR) is 69.2 cm³/mol. The molecule has 0 aromatic heterocycles. The quantitative estimate of drug-likeness (QED) is 0.775. The van der Waals surface area contributed by atoms with Gasteiger partial charge in [-0.15, -0.1) is 0 Å². The molecule has 2 nitrogen and oxygen atoms in total. The number of hydrogen-bond donors (Lipinski definition) is 0. The molecule has 0 saturated carbocycles. The van der Waals surface area contributed by atoms with Gasteiger partial charge in [0.15, 0.2) is 0 Å². The second kappa shape index (κ2) is 5.17. The molecule has 0 aliphatic heterocycles. The first-order valence-corrected chi connectivity index (χ1v) is 6.06. The SMILES string of the molecule is COc1ccc2c(c1)C(CCCC(C)=O)=CC2. The second-order valence-electron chi connectivity index (χ2n) is 4.51. The Bertz CT molecular complexity index is 458. The molecular weight excluding hydrogens is 212 g/mol. The molecule has 0 fully saturated rings. The number of fused-ring (bicyclic) bond motifs is 1. The summed E-state index contributed by atoms with van der Waals surface area (Å²) in [4.78, 5) is 10.9. The van der Waals surface area contributed by atoms with Crippen LogP contribution in [0.1, 0.15) is 37.3 Å². The molecule has 1 aliphatic rings. The molecule has 1 aromatic rings. The van der Waals surface area contributed by atoms with E-state index in [1.807, 2.05) is 6.07 Å². The van der Waals surface area contributed by atoms with Crippen molar-refractivity contribution in [2.75, 3.05) is 7.11 Å². The summed E-state index contributed by atoms with van der Waals surface area (Å²) in [6, 6.07) is 6.23. The van der Waals surface area contributed by atoms with E-state index in [4.69, 9.17) is 4.74 Å². The van der Waals surface area contributed by atoms with E-state index in [-0.39, 0.29) is 5.78 Å². The summed E-state index contributed by atoms with van der Waals surface area (Å²) in [5, 5.41) is 0. The fraction of sp³-hybridized carbons (Fsp3) is 0.400. The summed E-state index contributed by atoms with van der Waals surface area (Å²) in [5.74, 6) is 1.18. The van der Waals surface area contributed by atoms with E-state index in [2.05, 4.69) is 18.2 Å². The summed E-state index contributed by atoms with van der Waals surface area (Å²) in [5.41, 5.74) is 4.02. The molecule has 90 valence electrons. The molecule has 0 bridgehead atoms. The molecular formula is C15H18O2. The number of methoxy groups -OCH3 is 1. The van der Waals surface area contributed by atoms with Gasteiger partial charge in [0.05, 0.1) is 7.11 Å². The fourth-order valence-electron chi connectivity index (χ4n) is 2.27. The molecule has 2 rings (SSSR count). The largest absolute Gasteiger partial charge is 0.497 e. The van der Waals surface area contributed by atoms with Crippen molar-refractivity contribution in [1.82, 2.24) is 0 Å². The zero-order valence-electron chi connectivity index (χ0n) is 10.5. The van der Waals surface area contributed by atoms with Crippen LogP contribution < -0.4 is 4.74 Å². The number of carbonyl (C=O) groups is 1. The average Bonchev–Trinajstić information content (AvgIpc) is 2.71. The monoisotopic (exact) mass is 230 g/mol. The third-order valence-electron chi connectivity index (χ3n) is 3.21. The minimum absolute atomic E-state index is 0.273. The van der Waals surface area contributed by atoms with Gasteiger partial charge in [0, 0.05) is 6.42 Å². The van der Waals surface area contributed by atoms with E-state index >= 15 is 0 Å². The normalized spacial score (nSPS) is 13.2. The summed E-state index contributed by atoms with van der Waals surface area (Å²) in [6.45, 7) is 1.65. The van der Waals surface area contributed by atoms with E-state index in [1.54, 1.807) is 14.0 Å². The van der Waals surface area contributed by atoms with E-state index < -0.39 is 0 Å². The Hall–Kier alpha value is -1.57. The summed E-state index contributed by atoms with van der Waals surface area (Å²) >= 11 is 0. The third kappa shape index (κ3) is 2.76. The number of allylic oxidation sites excluding steroid dienone is 2. The van der Waals surface area contributed by atoms with Crippen LogP contribution in [0, 0.1) is 0 Å². The van der Waals surface area contributed by atoms with Crippen LogP contribution in [0.2, 0.25) is 0 Å². The van der Waals surface area contributed by atoms with Crippen molar-refractivity contribution < 1.29 is 9.53 Å². The highest BCUT2D eigenvalue weighted by Crippen LogP contribution is 2.33. The van der Waals surface area contributed by atoms with Crippen LogP contribution in [0.25, 0.3) is 5.57 Å². The number of ether oxygens (including phenoxy) is 1. The maximum Gasteiger partial charge on any atom is 0.129 e. The van der Waals surface area contributed by atoms with Crippen molar-refractivity contribution in [2.45, 2.75) is 32.6 Å². The van der Waals surface area contributed by atoms with Gasteiger partial charge in [-0.25, -0.2) is 0 Å². The maximum absolute atomic E-state index is 10.9. The number of hydrogen-bond acceptors (Lipinski definition) is 2. The number of Topliss-reactive ketones (excluding diaryl/α,β-unsaturated/α-hetero) is 1. The molecule has 17 heavy (non-hydrogen) atoms. The molecule has 0 N–H and O–H groups in total. The van der Waals surface area contributed by atoms with Gasteiger partial charge in [0.1, 0.15) is 11.5 Å². The highest BCUT2D eigenvalue weighted by atomic mass is 16.5. The molecule has 0 radical (unpaired) electrons. The van der Waals surface area contributed by atoms with E-state index in [0.717, 1.165) is 25.0 Å². The third-order valence-corrected chi connectivity index (χ3v) is 3.21. The van der Waals surface area contributed by atoms with Gasteiger partial charge in [-0.05, 0) is 55.0 Å². The zero-order valence-corrected chi connectivity index (χ0v) is 10.5. The fourth-order valence-corrected chi connectivity index (χ4v) is 2.27. The van der Waals surface area contributed by atoms with Gasteiger partial charge in [0.25, 0.3) is 0 Å². The molecule has 0 heterocycles. The van der Waals surface area contributed by atoms with Crippen molar-refractivity contribution in [1.29, 1.82) is 0 Å². The Morgan fingerprint density at radius 1 is 1.41 bits per heavy atom. The topological polar surface area (TPSA) is 26.3 Å². The van der Waals surface area contributed by atoms with Gasteiger partial charge >= 0.3 is 0 Å². The van der Waals surface area contributed by atoms with Crippen molar-refractivity contribution in [2.24, 2.45) is 0 Å². The lowest BCUT2D eigenvalue weighted by Gasteiger charge is -2.07. The number of benzene rings is 1. The van der Waals surface area contributed by atoms with Crippen LogP contribution in [-0.4, -0.2) is 12.9 Å². The van der Waals surface area contributed by atoms with Gasteiger partial charge in [-0.3, -0.25) is 0 Å². The van der Waals surface area contributed by atoms with Crippen molar-refractivity contribution in [3.8, 4) is 5.75 Å². The van der Waals surface area contributed by atoms with Gasteiger partial charge < -0.3 is 9.53 Å². The van der Waals surface area contributed by atoms with Crippen molar-refractivity contribution in [3.05, 3.63) is 35.4 Å². The van der Waals surface area contributed by atoms with E-state index in [0.29, 0.717) is 6.42 Å². The summed E-state index contributed by atoms with van der Waals surface area (Å²) in [7, 11) is 1.69. The van der Waals surface area contributed by atoms with Crippen LogP contribution in [0.15, 0.2) is 24.3 Å². The summed E-state index contributed by atoms with van der Waals surface area (Å²) in [6.07, 6.45) is 5.88. The van der Waals surface area contributed by atoms with Crippen LogP contribution >= 0.6 is 0 Å². The van der Waals surface area contributed by atoms with Crippen LogP contribution in [0.4, 0.5) is 0 Å². The minimum atomic E-state index is 0.273. The first-order chi connectivity index (χ1) is 8.20. The Labute approximate surface area is 102 Å². The Morgan fingerprint density at radius 3 is 2.94 bits per heavy atom. The molecule has 0 amide bonds. The first-order valence-electron chi connectivity index (χ1n) is 6.06. The highest BCUT2D eigenvalue weighted by Gasteiger charge is 2.14. The number of rotatable bonds is 5. The lowest BCUT2D eigenvalue weighted by Crippen LogP contribution is -1.92. The Balaban J connectivity index is 2.06. The Morgan fingerprint density at radius 2 is 2.24 bits per heavy atom. The molecule has 0 atom stereocenters. The predicted octanol–water partition coefficient (Wildman–Crippen LogP) is 3.39. The molecule has 2 heteroatoms. The van der Waals surface area contributed by atoms with Crippen molar-refractivity contribution in [3.63, 3.8) is 0 Å². The number of ketones is 1. The van der Waals surface area contributed by atoms with Crippen molar-refractivity contribution >= 4 is 11.4 Å².